The van der Waals surface area contributed by atoms with Gasteiger partial charge in [-0.2, -0.15) is 30.7 Å². The molecule has 0 nitrogen and oxygen atoms in total. The topological polar surface area (TPSA) is 0 Å². The average molecular weight is 428 g/mol. The van der Waals surface area contributed by atoms with Crippen molar-refractivity contribution >= 4 is 11.1 Å². The molecule has 3 rings (SSSR count). The highest BCUT2D eigenvalue weighted by molar-refractivity contribution is 5.69. The van der Waals surface area contributed by atoms with Gasteiger partial charge < -0.3 is 0 Å². The zero-order valence-electron chi connectivity index (χ0n) is 15.9. The first-order chi connectivity index (χ1) is 13.8. The van der Waals surface area contributed by atoms with Crippen LogP contribution in [0.1, 0.15) is 40.7 Å². The highest BCUT2D eigenvalue weighted by Crippen LogP contribution is 2.44. The van der Waals surface area contributed by atoms with Crippen LogP contribution in [0.2, 0.25) is 0 Å². The van der Waals surface area contributed by atoms with Gasteiger partial charge in [0.05, 0.1) is 5.56 Å². The highest BCUT2D eigenvalue weighted by atomic mass is 19.4. The second-order valence-corrected chi connectivity index (χ2v) is 7.53. The third kappa shape index (κ3) is 4.45. The maximum Gasteiger partial charge on any atom is 0.416 e. The number of rotatable bonds is 5. The lowest BCUT2D eigenvalue weighted by Gasteiger charge is -2.32. The van der Waals surface area contributed by atoms with Crippen LogP contribution >= 0.6 is 0 Å². The van der Waals surface area contributed by atoms with Crippen LogP contribution < -0.4 is 0 Å². The van der Waals surface area contributed by atoms with Gasteiger partial charge in [-0.3, -0.25) is 0 Å². The Kier molecular flexibility index (Phi) is 5.60. The standard InChI is InChI=1S/C23H19F7/c1-14(16-7-9-20(10-8-16)23(28,29)30)3-4-15(2)17-5-6-18-12-21(24,25)22(26,27)13-19(18)11-17/h5-11H,1-4,12-13H2. The Morgan fingerprint density at radius 1 is 0.733 bits per heavy atom. The summed E-state index contributed by atoms with van der Waals surface area (Å²) in [6.45, 7) is 7.81. The van der Waals surface area contributed by atoms with Crippen LogP contribution in [0, 0.1) is 0 Å². The molecule has 0 saturated carbocycles. The second-order valence-electron chi connectivity index (χ2n) is 7.53. The van der Waals surface area contributed by atoms with Gasteiger partial charge in [-0.1, -0.05) is 43.5 Å². The molecule has 0 radical (unpaired) electrons. The summed E-state index contributed by atoms with van der Waals surface area (Å²) in [6, 6.07) is 9.10. The fourth-order valence-electron chi connectivity index (χ4n) is 3.41. The summed E-state index contributed by atoms with van der Waals surface area (Å²) in [4.78, 5) is 0. The van der Waals surface area contributed by atoms with E-state index in [2.05, 4.69) is 13.2 Å². The zero-order chi connectivity index (χ0) is 22.3. The quantitative estimate of drug-likeness (QED) is 0.431. The van der Waals surface area contributed by atoms with E-state index >= 15 is 0 Å². The van der Waals surface area contributed by atoms with Crippen molar-refractivity contribution in [1.29, 1.82) is 0 Å². The van der Waals surface area contributed by atoms with Crippen molar-refractivity contribution in [3.05, 3.63) is 83.4 Å². The maximum atomic E-state index is 13.7. The fraction of sp³-hybridized carbons (Fsp3) is 0.304. The maximum absolute atomic E-state index is 13.7. The van der Waals surface area contributed by atoms with E-state index < -0.39 is 36.4 Å². The van der Waals surface area contributed by atoms with Crippen molar-refractivity contribution in [2.75, 3.05) is 0 Å². The summed E-state index contributed by atoms with van der Waals surface area (Å²) >= 11 is 0. The molecule has 1 aliphatic carbocycles. The van der Waals surface area contributed by atoms with Gasteiger partial charge in [0.25, 0.3) is 0 Å². The van der Waals surface area contributed by atoms with Crippen LogP contribution in [0.3, 0.4) is 0 Å². The van der Waals surface area contributed by atoms with E-state index in [-0.39, 0.29) is 11.1 Å². The summed E-state index contributed by atoms with van der Waals surface area (Å²) < 4.78 is 92.4. The molecule has 0 N–H and O–H groups in total. The fourth-order valence-corrected chi connectivity index (χ4v) is 3.41. The molecule has 0 heterocycles. The minimum atomic E-state index is -4.42. The molecule has 0 bridgehead atoms. The Bertz CT molecular complexity index is 966. The van der Waals surface area contributed by atoms with E-state index in [1.165, 1.54) is 24.3 Å². The lowest BCUT2D eigenvalue weighted by molar-refractivity contribution is -0.211. The molecule has 2 aromatic rings. The Morgan fingerprint density at radius 3 is 1.73 bits per heavy atom. The minimum absolute atomic E-state index is 0.172. The summed E-state index contributed by atoms with van der Waals surface area (Å²) in [5.41, 5.74) is 1.95. The Labute approximate surface area is 169 Å². The highest BCUT2D eigenvalue weighted by Gasteiger charge is 2.58. The molecule has 7 heteroatoms. The van der Waals surface area contributed by atoms with E-state index in [4.69, 9.17) is 0 Å². The van der Waals surface area contributed by atoms with E-state index in [1.54, 1.807) is 6.07 Å². The van der Waals surface area contributed by atoms with Gasteiger partial charge >= 0.3 is 18.0 Å². The number of hydrogen-bond donors (Lipinski definition) is 0. The zero-order valence-corrected chi connectivity index (χ0v) is 15.9. The van der Waals surface area contributed by atoms with Crippen molar-refractivity contribution in [3.63, 3.8) is 0 Å². The van der Waals surface area contributed by atoms with Crippen molar-refractivity contribution in [1.82, 2.24) is 0 Å². The molecule has 0 saturated heterocycles. The van der Waals surface area contributed by atoms with Gasteiger partial charge in [-0.05, 0) is 58.4 Å². The van der Waals surface area contributed by atoms with E-state index in [0.29, 0.717) is 35.1 Å². The summed E-state index contributed by atoms with van der Waals surface area (Å²) in [7, 11) is 0. The van der Waals surface area contributed by atoms with Crippen molar-refractivity contribution in [2.45, 2.75) is 43.7 Å². The first-order valence-corrected chi connectivity index (χ1v) is 9.21. The first kappa shape index (κ1) is 22.1. The number of fused-ring (bicyclic) bond motifs is 1. The molecule has 160 valence electrons. The average Bonchev–Trinajstić information content (AvgIpc) is 2.65. The minimum Gasteiger partial charge on any atom is -0.200 e. The predicted octanol–water partition coefficient (Wildman–Crippen LogP) is 7.58. The predicted molar refractivity (Wildman–Crippen MR) is 102 cm³/mol. The number of hydrogen-bond acceptors (Lipinski definition) is 0. The van der Waals surface area contributed by atoms with Crippen molar-refractivity contribution in [2.24, 2.45) is 0 Å². The van der Waals surface area contributed by atoms with Crippen LogP contribution in [0.25, 0.3) is 11.1 Å². The third-order valence-electron chi connectivity index (χ3n) is 5.32. The van der Waals surface area contributed by atoms with Crippen molar-refractivity contribution < 1.29 is 30.7 Å². The van der Waals surface area contributed by atoms with Crippen LogP contribution in [-0.4, -0.2) is 11.8 Å². The molecule has 2 aromatic carbocycles. The molecule has 0 unspecified atom stereocenters. The molecule has 0 fully saturated rings. The SMILES string of the molecule is C=C(CCC(=C)c1ccc2c(c1)CC(F)(F)C(F)(F)C2)c1ccc(C(F)(F)F)cc1. The van der Waals surface area contributed by atoms with E-state index in [9.17, 15) is 30.7 Å². The third-order valence-corrected chi connectivity index (χ3v) is 5.32. The second kappa shape index (κ2) is 7.60. The Morgan fingerprint density at radius 2 is 1.20 bits per heavy atom. The molecule has 0 aliphatic heterocycles. The van der Waals surface area contributed by atoms with Crippen LogP contribution in [0.15, 0.2) is 55.6 Å². The molecular formula is C23H19F7. The number of allylic oxidation sites excluding steroid dienone is 2. The molecule has 0 aromatic heterocycles. The Hall–Kier alpha value is -2.57. The summed E-state index contributed by atoms with van der Waals surface area (Å²) in [6.07, 6.45) is -5.66. The van der Waals surface area contributed by atoms with Crippen LogP contribution in [0.4, 0.5) is 30.7 Å². The molecule has 30 heavy (non-hydrogen) atoms. The number of benzene rings is 2. The summed E-state index contributed by atoms with van der Waals surface area (Å²) in [5.74, 6) is -8.17. The molecular weight excluding hydrogens is 409 g/mol. The smallest absolute Gasteiger partial charge is 0.200 e. The van der Waals surface area contributed by atoms with Gasteiger partial charge in [0.1, 0.15) is 0 Å². The van der Waals surface area contributed by atoms with Crippen molar-refractivity contribution in [3.8, 4) is 0 Å². The lowest BCUT2D eigenvalue weighted by Crippen LogP contribution is -2.47. The molecule has 0 spiro atoms. The number of alkyl halides is 7. The van der Waals surface area contributed by atoms with Crippen LogP contribution in [0.5, 0.6) is 0 Å². The van der Waals surface area contributed by atoms with Crippen LogP contribution in [-0.2, 0) is 19.0 Å². The van der Waals surface area contributed by atoms with E-state index in [0.717, 1.165) is 12.1 Å². The van der Waals surface area contributed by atoms with Gasteiger partial charge in [0.15, 0.2) is 0 Å². The monoisotopic (exact) mass is 428 g/mol. The van der Waals surface area contributed by atoms with Gasteiger partial charge in [0.2, 0.25) is 0 Å². The largest absolute Gasteiger partial charge is 0.416 e. The van der Waals surface area contributed by atoms with E-state index in [1.807, 2.05) is 0 Å². The normalized spacial score (nSPS) is 17.3. The molecule has 1 aliphatic rings. The van der Waals surface area contributed by atoms with Gasteiger partial charge in [-0.25, -0.2) is 0 Å². The molecule has 0 amide bonds. The van der Waals surface area contributed by atoms with Gasteiger partial charge in [-0.15, -0.1) is 0 Å². The first-order valence-electron chi connectivity index (χ1n) is 9.21. The van der Waals surface area contributed by atoms with Gasteiger partial charge in [0, 0.05) is 12.8 Å². The summed E-state index contributed by atoms with van der Waals surface area (Å²) in [5, 5.41) is 0. The lowest BCUT2D eigenvalue weighted by atomic mass is 9.84. The Balaban J connectivity index is 1.66. The molecule has 0 atom stereocenters. The number of halogens is 7.